The average molecular weight is 280 g/mol. The van der Waals surface area contributed by atoms with Gasteiger partial charge in [0.1, 0.15) is 0 Å². The predicted octanol–water partition coefficient (Wildman–Crippen LogP) is 2.73. The van der Waals surface area contributed by atoms with Crippen molar-refractivity contribution in [3.8, 4) is 0 Å². The van der Waals surface area contributed by atoms with Crippen LogP contribution in [0.1, 0.15) is 53.2 Å². The van der Waals surface area contributed by atoms with Gasteiger partial charge in [0.2, 0.25) is 0 Å². The number of thiophene rings is 1. The van der Waals surface area contributed by atoms with Gasteiger partial charge >= 0.3 is 0 Å². The van der Waals surface area contributed by atoms with Crippen LogP contribution in [0.5, 0.6) is 0 Å². The molecule has 1 aliphatic carbocycles. The number of aryl methyl sites for hydroxylation is 2. The lowest BCUT2D eigenvalue weighted by atomic mass is 10.0. The monoisotopic (exact) mass is 280 g/mol. The second-order valence-corrected chi connectivity index (χ2v) is 6.82. The summed E-state index contributed by atoms with van der Waals surface area (Å²) in [6.45, 7) is 4.66. The number of rotatable bonds is 4. The van der Waals surface area contributed by atoms with E-state index in [4.69, 9.17) is 5.73 Å². The largest absolute Gasteiger partial charge is 0.347 e. The van der Waals surface area contributed by atoms with Crippen LogP contribution >= 0.6 is 11.3 Å². The van der Waals surface area contributed by atoms with Crippen molar-refractivity contribution in [2.45, 2.75) is 52.0 Å². The summed E-state index contributed by atoms with van der Waals surface area (Å²) in [6, 6.07) is 2.16. The van der Waals surface area contributed by atoms with Gasteiger partial charge in [-0.15, -0.1) is 11.3 Å². The van der Waals surface area contributed by atoms with Crippen molar-refractivity contribution in [1.29, 1.82) is 0 Å². The van der Waals surface area contributed by atoms with Crippen molar-refractivity contribution in [2.24, 2.45) is 11.7 Å². The number of hydrogen-bond donors (Lipinski definition) is 2. The molecule has 3 N–H and O–H groups in total. The summed E-state index contributed by atoms with van der Waals surface area (Å²) in [5.41, 5.74) is 7.10. The van der Waals surface area contributed by atoms with Gasteiger partial charge in [-0.3, -0.25) is 4.79 Å². The van der Waals surface area contributed by atoms with Gasteiger partial charge in [0.05, 0.1) is 4.88 Å². The van der Waals surface area contributed by atoms with Gasteiger partial charge in [0.15, 0.2) is 0 Å². The first-order valence-corrected chi connectivity index (χ1v) is 8.06. The highest BCUT2D eigenvalue weighted by Crippen LogP contribution is 2.29. The van der Waals surface area contributed by atoms with Crippen molar-refractivity contribution in [2.75, 3.05) is 6.54 Å². The van der Waals surface area contributed by atoms with E-state index in [0.29, 0.717) is 12.5 Å². The number of carbonyl (C=O) groups excluding carboxylic acids is 1. The van der Waals surface area contributed by atoms with Gasteiger partial charge in [0, 0.05) is 17.5 Å². The Morgan fingerprint density at radius 3 is 2.79 bits per heavy atom. The van der Waals surface area contributed by atoms with Gasteiger partial charge in [0.25, 0.3) is 5.91 Å². The van der Waals surface area contributed by atoms with Crippen molar-refractivity contribution < 1.29 is 4.79 Å². The van der Waals surface area contributed by atoms with E-state index in [1.807, 2.05) is 0 Å². The van der Waals surface area contributed by atoms with E-state index >= 15 is 0 Å². The third-order valence-electron chi connectivity index (χ3n) is 3.85. The number of amides is 1. The fourth-order valence-electron chi connectivity index (χ4n) is 2.52. The van der Waals surface area contributed by atoms with E-state index in [1.54, 1.807) is 11.3 Å². The van der Waals surface area contributed by atoms with Crippen LogP contribution in [0.15, 0.2) is 6.07 Å². The fourth-order valence-corrected chi connectivity index (χ4v) is 3.67. The molecule has 2 rings (SSSR count). The zero-order valence-corrected chi connectivity index (χ0v) is 12.7. The summed E-state index contributed by atoms with van der Waals surface area (Å²) in [7, 11) is 0. The quantitative estimate of drug-likeness (QED) is 0.833. The van der Waals surface area contributed by atoms with Gasteiger partial charge < -0.3 is 11.1 Å². The first-order valence-electron chi connectivity index (χ1n) is 7.24. The molecule has 0 saturated heterocycles. The molecule has 0 aliphatic heterocycles. The Hall–Kier alpha value is -0.870. The molecule has 1 atom stereocenters. The summed E-state index contributed by atoms with van der Waals surface area (Å²) >= 11 is 1.67. The highest BCUT2D eigenvalue weighted by atomic mass is 32.1. The molecule has 19 heavy (non-hydrogen) atoms. The average Bonchev–Trinajstić information content (AvgIpc) is 2.67. The molecule has 1 amide bonds. The van der Waals surface area contributed by atoms with Gasteiger partial charge in [-0.1, -0.05) is 20.3 Å². The van der Waals surface area contributed by atoms with Gasteiger partial charge in [-0.25, -0.2) is 0 Å². The van der Waals surface area contributed by atoms with Crippen LogP contribution in [0.2, 0.25) is 0 Å². The molecular weight excluding hydrogens is 256 g/mol. The molecule has 0 saturated carbocycles. The fraction of sp³-hybridized carbons (Fsp3) is 0.667. The summed E-state index contributed by atoms with van der Waals surface area (Å²) in [4.78, 5) is 14.5. The summed E-state index contributed by atoms with van der Waals surface area (Å²) in [6.07, 6.45) is 6.08. The molecule has 0 spiro atoms. The molecular formula is C15H24N2OS. The highest BCUT2D eigenvalue weighted by molar-refractivity contribution is 7.14. The molecule has 106 valence electrons. The maximum Gasteiger partial charge on any atom is 0.261 e. The van der Waals surface area contributed by atoms with Crippen molar-refractivity contribution in [3.63, 3.8) is 0 Å². The Bertz CT molecular complexity index is 416. The molecule has 1 aromatic heterocycles. The van der Waals surface area contributed by atoms with E-state index in [-0.39, 0.29) is 11.9 Å². The molecule has 3 nitrogen and oxygen atoms in total. The van der Waals surface area contributed by atoms with Gasteiger partial charge in [-0.2, -0.15) is 0 Å². The van der Waals surface area contributed by atoms with E-state index in [0.717, 1.165) is 17.7 Å². The standard InChI is InChI=1S/C15H24N2OS/c1-10(2)12(9-16)17-15(18)14-8-11-6-4-3-5-7-13(11)19-14/h8,10,12H,3-7,9,16H2,1-2H3,(H,17,18). The van der Waals surface area contributed by atoms with Crippen LogP contribution < -0.4 is 11.1 Å². The lowest BCUT2D eigenvalue weighted by Crippen LogP contribution is -2.43. The van der Waals surface area contributed by atoms with Crippen LogP contribution in [0.4, 0.5) is 0 Å². The van der Waals surface area contributed by atoms with Crippen LogP contribution in [-0.4, -0.2) is 18.5 Å². The molecule has 0 radical (unpaired) electrons. The van der Waals surface area contributed by atoms with Crippen LogP contribution in [-0.2, 0) is 12.8 Å². The smallest absolute Gasteiger partial charge is 0.261 e. The molecule has 1 unspecified atom stereocenters. The predicted molar refractivity (Wildman–Crippen MR) is 80.7 cm³/mol. The molecule has 1 heterocycles. The normalized spacial score (nSPS) is 16.8. The third-order valence-corrected chi connectivity index (χ3v) is 5.08. The zero-order valence-electron chi connectivity index (χ0n) is 11.9. The second-order valence-electron chi connectivity index (χ2n) is 5.68. The Balaban J connectivity index is 2.07. The maximum absolute atomic E-state index is 12.3. The first kappa shape index (κ1) is 14.5. The molecule has 0 fully saturated rings. The second kappa shape index (κ2) is 6.53. The first-order chi connectivity index (χ1) is 9.11. The summed E-state index contributed by atoms with van der Waals surface area (Å²) in [5, 5.41) is 3.05. The van der Waals surface area contributed by atoms with E-state index < -0.39 is 0 Å². The summed E-state index contributed by atoms with van der Waals surface area (Å²) < 4.78 is 0. The molecule has 1 aliphatic rings. The van der Waals surface area contributed by atoms with E-state index in [2.05, 4.69) is 25.2 Å². The lowest BCUT2D eigenvalue weighted by molar-refractivity contribution is 0.0932. The minimum atomic E-state index is 0.0437. The highest BCUT2D eigenvalue weighted by Gasteiger charge is 2.19. The molecule has 0 bridgehead atoms. The Morgan fingerprint density at radius 2 is 2.11 bits per heavy atom. The topological polar surface area (TPSA) is 55.1 Å². The maximum atomic E-state index is 12.3. The third kappa shape index (κ3) is 3.57. The van der Waals surface area contributed by atoms with E-state index in [9.17, 15) is 4.79 Å². The molecule has 1 aromatic rings. The van der Waals surface area contributed by atoms with Crippen molar-refractivity contribution >= 4 is 17.2 Å². The molecule has 4 heteroatoms. The van der Waals surface area contributed by atoms with Crippen molar-refractivity contribution in [3.05, 3.63) is 21.4 Å². The number of nitrogens with two attached hydrogens (primary N) is 1. The molecule has 0 aromatic carbocycles. The lowest BCUT2D eigenvalue weighted by Gasteiger charge is -2.19. The summed E-state index contributed by atoms with van der Waals surface area (Å²) in [5.74, 6) is 0.411. The number of carbonyl (C=O) groups is 1. The minimum Gasteiger partial charge on any atom is -0.347 e. The SMILES string of the molecule is CC(C)C(CN)NC(=O)c1cc2c(s1)CCCCC2. The van der Waals surface area contributed by atoms with E-state index in [1.165, 1.54) is 29.7 Å². The van der Waals surface area contributed by atoms with Crippen LogP contribution in [0, 0.1) is 5.92 Å². The van der Waals surface area contributed by atoms with Crippen LogP contribution in [0.25, 0.3) is 0 Å². The van der Waals surface area contributed by atoms with Crippen LogP contribution in [0.3, 0.4) is 0 Å². The Morgan fingerprint density at radius 1 is 1.37 bits per heavy atom. The Labute approximate surface area is 119 Å². The van der Waals surface area contributed by atoms with Gasteiger partial charge in [-0.05, 0) is 43.2 Å². The Kier molecular flexibility index (Phi) is 4.99. The number of hydrogen-bond acceptors (Lipinski definition) is 3. The minimum absolute atomic E-state index is 0.0437. The van der Waals surface area contributed by atoms with Crippen molar-refractivity contribution in [1.82, 2.24) is 5.32 Å². The number of fused-ring (bicyclic) bond motifs is 1. The number of nitrogens with one attached hydrogen (secondary N) is 1. The zero-order chi connectivity index (χ0) is 13.8.